The van der Waals surface area contributed by atoms with Gasteiger partial charge in [0.2, 0.25) is 0 Å². The number of carboxylic acids is 1. The molecule has 0 saturated carbocycles. The summed E-state index contributed by atoms with van der Waals surface area (Å²) in [5.74, 6) is -1.67. The number of hydrogen-bond acceptors (Lipinski definition) is 6. The van der Waals surface area contributed by atoms with Crippen molar-refractivity contribution in [2.24, 2.45) is 0 Å². The van der Waals surface area contributed by atoms with Gasteiger partial charge in [-0.05, 0) is 49.1 Å². The Kier molecular flexibility index (Phi) is 9.26. The second kappa shape index (κ2) is 12.6. The first-order chi connectivity index (χ1) is 17.8. The van der Waals surface area contributed by atoms with E-state index in [4.69, 9.17) is 37.4 Å². The minimum atomic E-state index is -1.23. The molecule has 2 aliphatic heterocycles. The van der Waals surface area contributed by atoms with E-state index >= 15 is 0 Å². The van der Waals surface area contributed by atoms with Gasteiger partial charge in [-0.3, -0.25) is 9.59 Å². The lowest BCUT2D eigenvalue weighted by molar-refractivity contribution is -0.147. The van der Waals surface area contributed by atoms with E-state index in [2.05, 4.69) is 5.32 Å². The molecule has 37 heavy (non-hydrogen) atoms. The highest BCUT2D eigenvalue weighted by atomic mass is 35.5. The summed E-state index contributed by atoms with van der Waals surface area (Å²) in [5.41, 5.74) is 1.33. The minimum Gasteiger partial charge on any atom is -0.489 e. The second-order valence-electron chi connectivity index (χ2n) is 8.91. The van der Waals surface area contributed by atoms with E-state index < -0.39 is 30.1 Å². The zero-order chi connectivity index (χ0) is 26.4. The van der Waals surface area contributed by atoms with Gasteiger partial charge in [0.1, 0.15) is 25.2 Å². The molecule has 2 fully saturated rings. The molecule has 11 heteroatoms. The van der Waals surface area contributed by atoms with Gasteiger partial charge in [-0.15, -0.1) is 0 Å². The Morgan fingerprint density at radius 2 is 1.65 bits per heavy atom. The molecule has 0 spiro atoms. The van der Waals surface area contributed by atoms with E-state index in [1.54, 1.807) is 47.4 Å². The van der Waals surface area contributed by atoms with Crippen molar-refractivity contribution in [3.8, 4) is 5.75 Å². The van der Waals surface area contributed by atoms with Crippen LogP contribution in [0, 0.1) is 0 Å². The Morgan fingerprint density at radius 1 is 1.00 bits per heavy atom. The molecule has 198 valence electrons. The molecule has 2 heterocycles. The lowest BCUT2D eigenvalue weighted by Crippen LogP contribution is -2.53. The van der Waals surface area contributed by atoms with E-state index in [0.29, 0.717) is 40.0 Å². The molecule has 0 bridgehead atoms. The number of aliphatic carboxylic acids is 1. The lowest BCUT2D eigenvalue weighted by Gasteiger charge is -2.29. The van der Waals surface area contributed by atoms with Crippen LogP contribution in [-0.4, -0.2) is 65.9 Å². The number of hydrogen-bond donors (Lipinski definition) is 2. The number of amides is 2. The van der Waals surface area contributed by atoms with Crippen molar-refractivity contribution in [2.75, 3.05) is 19.9 Å². The van der Waals surface area contributed by atoms with Crippen LogP contribution in [-0.2, 0) is 36.9 Å². The summed E-state index contributed by atoms with van der Waals surface area (Å²) >= 11 is 12.3. The molecule has 2 aromatic carbocycles. The smallest absolute Gasteiger partial charge is 0.326 e. The largest absolute Gasteiger partial charge is 0.489 e. The van der Waals surface area contributed by atoms with Crippen molar-refractivity contribution >= 4 is 41.0 Å². The van der Waals surface area contributed by atoms with Crippen LogP contribution in [0.15, 0.2) is 42.5 Å². The van der Waals surface area contributed by atoms with Crippen LogP contribution in [0.3, 0.4) is 0 Å². The lowest BCUT2D eigenvalue weighted by atomic mass is 10.0. The van der Waals surface area contributed by atoms with Gasteiger partial charge in [0.25, 0.3) is 11.8 Å². The van der Waals surface area contributed by atoms with Gasteiger partial charge in [0.15, 0.2) is 12.2 Å². The van der Waals surface area contributed by atoms with Crippen LogP contribution in [0.25, 0.3) is 0 Å². The average molecular weight is 551 g/mol. The molecule has 3 atom stereocenters. The minimum absolute atomic E-state index is 0.0238. The highest BCUT2D eigenvalue weighted by molar-refractivity contribution is 6.35. The number of nitrogens with one attached hydrogen (secondary N) is 1. The molecule has 2 amide bonds. The van der Waals surface area contributed by atoms with Gasteiger partial charge in [-0.1, -0.05) is 41.4 Å². The Labute approximate surface area is 224 Å². The first-order valence-electron chi connectivity index (χ1n) is 12.0. The summed E-state index contributed by atoms with van der Waals surface area (Å²) in [6.45, 7) is 1.18. The summed E-state index contributed by atoms with van der Waals surface area (Å²) in [4.78, 5) is 39.3. The summed E-state index contributed by atoms with van der Waals surface area (Å²) in [6.07, 6.45) is 0.581. The summed E-state index contributed by atoms with van der Waals surface area (Å²) < 4.78 is 16.5. The van der Waals surface area contributed by atoms with Crippen molar-refractivity contribution in [3.05, 3.63) is 63.6 Å². The summed E-state index contributed by atoms with van der Waals surface area (Å²) in [7, 11) is 0. The molecule has 2 aromatic rings. The van der Waals surface area contributed by atoms with Crippen LogP contribution < -0.4 is 10.1 Å². The van der Waals surface area contributed by atoms with Gasteiger partial charge in [-0.2, -0.15) is 0 Å². The molecule has 0 radical (unpaired) electrons. The number of piperidine rings is 1. The van der Waals surface area contributed by atoms with Crippen LogP contribution in [0.2, 0.25) is 10.0 Å². The zero-order valence-corrected chi connectivity index (χ0v) is 21.5. The van der Waals surface area contributed by atoms with Crippen molar-refractivity contribution in [1.29, 1.82) is 0 Å². The van der Waals surface area contributed by atoms with Crippen molar-refractivity contribution in [1.82, 2.24) is 10.2 Å². The predicted molar refractivity (Wildman–Crippen MR) is 136 cm³/mol. The highest BCUT2D eigenvalue weighted by Crippen LogP contribution is 2.26. The van der Waals surface area contributed by atoms with Crippen LogP contribution in [0.4, 0.5) is 0 Å². The maximum absolute atomic E-state index is 12.9. The molecule has 2 aliphatic rings. The van der Waals surface area contributed by atoms with E-state index in [1.165, 1.54) is 0 Å². The number of halogens is 2. The molecule has 2 N–H and O–H groups in total. The maximum Gasteiger partial charge on any atom is 0.326 e. The second-order valence-corrected chi connectivity index (χ2v) is 9.73. The van der Waals surface area contributed by atoms with Crippen molar-refractivity contribution < 1.29 is 33.7 Å². The molecule has 0 unspecified atom stereocenters. The number of carbonyl (C=O) groups is 3. The Hall–Kier alpha value is -2.85. The maximum atomic E-state index is 12.9. The monoisotopic (exact) mass is 550 g/mol. The topological polar surface area (TPSA) is 114 Å². The molecular formula is C26H28Cl2N2O7. The normalized spacial score (nSPS) is 20.3. The fourth-order valence-electron chi connectivity index (χ4n) is 4.31. The first-order valence-corrected chi connectivity index (χ1v) is 12.8. The van der Waals surface area contributed by atoms with E-state index in [1.807, 2.05) is 0 Å². The number of likely N-dealkylation sites (tertiary alicyclic amines) is 1. The number of benzene rings is 2. The summed E-state index contributed by atoms with van der Waals surface area (Å²) in [5, 5.41) is 13.2. The van der Waals surface area contributed by atoms with Crippen molar-refractivity contribution in [2.45, 2.75) is 50.5 Å². The average Bonchev–Trinajstić information content (AvgIpc) is 3.39. The molecule has 2 saturated heterocycles. The molecule has 4 rings (SSSR count). The zero-order valence-electron chi connectivity index (χ0n) is 20.0. The quantitative estimate of drug-likeness (QED) is 0.491. The molecule has 0 aliphatic carbocycles. The van der Waals surface area contributed by atoms with Gasteiger partial charge >= 0.3 is 5.97 Å². The third kappa shape index (κ3) is 6.93. The van der Waals surface area contributed by atoms with Crippen molar-refractivity contribution in [3.63, 3.8) is 0 Å². The third-order valence-electron chi connectivity index (χ3n) is 6.36. The van der Waals surface area contributed by atoms with Gasteiger partial charge < -0.3 is 29.5 Å². The first kappa shape index (κ1) is 27.2. The van der Waals surface area contributed by atoms with Crippen LogP contribution in [0.5, 0.6) is 5.75 Å². The number of nitrogens with zero attached hydrogens (tertiary/aromatic N) is 1. The predicted octanol–water partition coefficient (Wildman–Crippen LogP) is 3.44. The Morgan fingerprint density at radius 3 is 2.30 bits per heavy atom. The molecule has 9 nitrogen and oxygen atoms in total. The van der Waals surface area contributed by atoms with Crippen LogP contribution in [0.1, 0.15) is 30.4 Å². The van der Waals surface area contributed by atoms with E-state index in [0.717, 1.165) is 19.3 Å². The van der Waals surface area contributed by atoms with Gasteiger partial charge in [0.05, 0.1) is 0 Å². The van der Waals surface area contributed by atoms with Gasteiger partial charge in [-0.25, -0.2) is 4.79 Å². The number of ether oxygens (including phenoxy) is 3. The molecular weight excluding hydrogens is 523 g/mol. The third-order valence-corrected chi connectivity index (χ3v) is 7.07. The van der Waals surface area contributed by atoms with Gasteiger partial charge in [0, 0.05) is 35.1 Å². The fourth-order valence-corrected chi connectivity index (χ4v) is 4.81. The Bertz CT molecular complexity index is 1100. The molecule has 0 aromatic heterocycles. The highest BCUT2D eigenvalue weighted by Gasteiger charge is 2.43. The Balaban J connectivity index is 1.34. The number of carboxylic acid groups (broad SMARTS) is 1. The number of carbonyl (C=O) groups excluding carboxylic acids is 2. The van der Waals surface area contributed by atoms with E-state index in [-0.39, 0.29) is 25.7 Å². The van der Waals surface area contributed by atoms with Crippen LogP contribution >= 0.6 is 23.2 Å². The SMILES string of the molecule is O=C(O)[C@H](Cc1ccc(OCc2c(Cl)cccc2Cl)cc1)NC(=O)[C@@H]1OCO[C@H]1C(=O)N1CCCCC1. The standard InChI is InChI=1S/C26H28Cl2N2O7/c27-19-5-4-6-20(28)18(19)14-35-17-9-7-16(8-10-17)13-21(26(33)34)29-24(31)22-23(37-15-36-22)25(32)30-11-2-1-3-12-30/h4-10,21-23H,1-3,11-15H2,(H,29,31)(H,33,34)/t21-,22+,23+/m0/s1. The fraction of sp³-hybridized carbons (Fsp3) is 0.423. The summed E-state index contributed by atoms with van der Waals surface area (Å²) in [6, 6.07) is 10.8. The number of rotatable bonds is 9. The van der Waals surface area contributed by atoms with E-state index in [9.17, 15) is 19.5 Å².